The number of rotatable bonds is 3. The van der Waals surface area contributed by atoms with E-state index < -0.39 is 0 Å². The molecule has 0 aliphatic carbocycles. The fourth-order valence-electron chi connectivity index (χ4n) is 1.07. The third kappa shape index (κ3) is 1.95. The van der Waals surface area contributed by atoms with Crippen LogP contribution in [0.1, 0.15) is 24.3 Å². The molecule has 0 spiro atoms. The maximum absolute atomic E-state index is 5.39. The second-order valence-electron chi connectivity index (χ2n) is 2.75. The molecule has 2 aromatic heterocycles. The van der Waals surface area contributed by atoms with E-state index in [9.17, 15) is 0 Å². The van der Waals surface area contributed by atoms with E-state index in [1.54, 1.807) is 11.3 Å². The molecule has 3 nitrogen and oxygen atoms in total. The Bertz CT molecular complexity index is 367. The van der Waals surface area contributed by atoms with Gasteiger partial charge in [0, 0.05) is 6.42 Å². The standard InChI is InChI=1S/C9H10N2OS/c1-2-8-10-11-9(12-8)5-7-3-4-13-6-7/h3-4,6H,2,5H2,1H3. The van der Waals surface area contributed by atoms with Gasteiger partial charge in [0.1, 0.15) is 0 Å². The summed E-state index contributed by atoms with van der Waals surface area (Å²) in [5.41, 5.74) is 1.23. The van der Waals surface area contributed by atoms with Gasteiger partial charge >= 0.3 is 0 Å². The highest BCUT2D eigenvalue weighted by Gasteiger charge is 2.04. The minimum Gasteiger partial charge on any atom is -0.425 e. The third-order valence-electron chi connectivity index (χ3n) is 1.75. The molecule has 13 heavy (non-hydrogen) atoms. The van der Waals surface area contributed by atoms with Gasteiger partial charge in [-0.15, -0.1) is 10.2 Å². The second kappa shape index (κ2) is 3.70. The van der Waals surface area contributed by atoms with Crippen molar-refractivity contribution in [3.8, 4) is 0 Å². The van der Waals surface area contributed by atoms with Gasteiger partial charge in [0.15, 0.2) is 0 Å². The van der Waals surface area contributed by atoms with Crippen LogP contribution >= 0.6 is 11.3 Å². The molecule has 4 heteroatoms. The van der Waals surface area contributed by atoms with Crippen LogP contribution in [0.25, 0.3) is 0 Å². The molecular formula is C9H10N2OS. The highest BCUT2D eigenvalue weighted by atomic mass is 32.1. The van der Waals surface area contributed by atoms with E-state index in [1.165, 1.54) is 5.56 Å². The van der Waals surface area contributed by atoms with Crippen molar-refractivity contribution < 1.29 is 4.42 Å². The molecule has 0 saturated carbocycles. The van der Waals surface area contributed by atoms with Crippen molar-refractivity contribution in [2.45, 2.75) is 19.8 Å². The van der Waals surface area contributed by atoms with Crippen molar-refractivity contribution in [2.24, 2.45) is 0 Å². The fourth-order valence-corrected chi connectivity index (χ4v) is 1.74. The average molecular weight is 194 g/mol. The summed E-state index contributed by atoms with van der Waals surface area (Å²) in [7, 11) is 0. The minimum atomic E-state index is 0.704. The van der Waals surface area contributed by atoms with E-state index in [0.717, 1.165) is 12.8 Å². The predicted molar refractivity (Wildman–Crippen MR) is 50.8 cm³/mol. The molecule has 0 aliphatic heterocycles. The maximum atomic E-state index is 5.39. The van der Waals surface area contributed by atoms with Gasteiger partial charge in [-0.2, -0.15) is 11.3 Å². The Kier molecular flexibility index (Phi) is 2.40. The van der Waals surface area contributed by atoms with E-state index in [-0.39, 0.29) is 0 Å². The molecular weight excluding hydrogens is 184 g/mol. The summed E-state index contributed by atoms with van der Waals surface area (Å²) in [5.74, 6) is 1.42. The van der Waals surface area contributed by atoms with Crippen molar-refractivity contribution >= 4 is 11.3 Å². The first-order valence-electron chi connectivity index (χ1n) is 4.21. The highest BCUT2D eigenvalue weighted by Crippen LogP contribution is 2.11. The molecule has 2 rings (SSSR count). The van der Waals surface area contributed by atoms with Crippen molar-refractivity contribution in [1.29, 1.82) is 0 Å². The summed E-state index contributed by atoms with van der Waals surface area (Å²) in [6.45, 7) is 2.00. The molecule has 2 aromatic rings. The SMILES string of the molecule is CCc1nnc(Cc2ccsc2)o1. The lowest BCUT2D eigenvalue weighted by Crippen LogP contribution is -1.84. The molecule has 0 aromatic carbocycles. The molecule has 0 N–H and O–H groups in total. The number of aromatic nitrogens is 2. The summed E-state index contributed by atoms with van der Waals surface area (Å²) < 4.78 is 5.39. The molecule has 0 radical (unpaired) electrons. The van der Waals surface area contributed by atoms with Gasteiger partial charge in [-0.25, -0.2) is 0 Å². The zero-order valence-corrected chi connectivity index (χ0v) is 8.17. The summed E-state index contributed by atoms with van der Waals surface area (Å²) in [4.78, 5) is 0. The van der Waals surface area contributed by atoms with Crippen LogP contribution in [0.3, 0.4) is 0 Å². The van der Waals surface area contributed by atoms with Crippen molar-refractivity contribution in [3.63, 3.8) is 0 Å². The van der Waals surface area contributed by atoms with E-state index in [2.05, 4.69) is 21.6 Å². The fraction of sp³-hybridized carbons (Fsp3) is 0.333. The molecule has 0 bridgehead atoms. The van der Waals surface area contributed by atoms with Gasteiger partial charge in [-0.1, -0.05) is 6.92 Å². The molecule has 68 valence electrons. The van der Waals surface area contributed by atoms with Crippen LogP contribution in [0.15, 0.2) is 21.2 Å². The molecule has 0 aliphatic rings. The van der Waals surface area contributed by atoms with Crippen LogP contribution in [0.5, 0.6) is 0 Å². The van der Waals surface area contributed by atoms with Crippen molar-refractivity contribution in [3.05, 3.63) is 34.2 Å². The third-order valence-corrected chi connectivity index (χ3v) is 2.48. The van der Waals surface area contributed by atoms with Crippen LogP contribution in [0.2, 0.25) is 0 Å². The number of hydrogen-bond acceptors (Lipinski definition) is 4. The van der Waals surface area contributed by atoms with Gasteiger partial charge in [-0.3, -0.25) is 0 Å². The van der Waals surface area contributed by atoms with Crippen LogP contribution in [-0.2, 0) is 12.8 Å². The number of nitrogens with zero attached hydrogens (tertiary/aromatic N) is 2. The highest BCUT2D eigenvalue weighted by molar-refractivity contribution is 7.07. The number of hydrogen-bond donors (Lipinski definition) is 0. The van der Waals surface area contributed by atoms with Crippen LogP contribution < -0.4 is 0 Å². The predicted octanol–water partition coefficient (Wildman–Crippen LogP) is 2.28. The lowest BCUT2D eigenvalue weighted by atomic mass is 10.2. The van der Waals surface area contributed by atoms with Gasteiger partial charge in [-0.05, 0) is 22.4 Å². The maximum Gasteiger partial charge on any atom is 0.220 e. The van der Waals surface area contributed by atoms with Crippen molar-refractivity contribution in [1.82, 2.24) is 10.2 Å². The average Bonchev–Trinajstić information content (AvgIpc) is 2.76. The van der Waals surface area contributed by atoms with Crippen molar-refractivity contribution in [2.75, 3.05) is 0 Å². The van der Waals surface area contributed by atoms with E-state index in [4.69, 9.17) is 4.42 Å². The van der Waals surface area contributed by atoms with Crippen LogP contribution in [0, 0.1) is 0 Å². The first-order valence-corrected chi connectivity index (χ1v) is 5.15. The minimum absolute atomic E-state index is 0.704. The second-order valence-corrected chi connectivity index (χ2v) is 3.53. The summed E-state index contributed by atoms with van der Waals surface area (Å²) in [5, 5.41) is 12.0. The molecule has 0 unspecified atom stereocenters. The molecule has 0 saturated heterocycles. The van der Waals surface area contributed by atoms with Crippen LogP contribution in [0.4, 0.5) is 0 Å². The Hall–Kier alpha value is -1.16. The zero-order valence-electron chi connectivity index (χ0n) is 7.36. The van der Waals surface area contributed by atoms with E-state index in [1.807, 2.05) is 12.3 Å². The molecule has 0 atom stereocenters. The lowest BCUT2D eigenvalue weighted by molar-refractivity contribution is 0.462. The Morgan fingerprint density at radius 1 is 1.38 bits per heavy atom. The summed E-state index contributed by atoms with van der Waals surface area (Å²) >= 11 is 1.68. The van der Waals surface area contributed by atoms with E-state index >= 15 is 0 Å². The van der Waals surface area contributed by atoms with Gasteiger partial charge in [0.25, 0.3) is 0 Å². The first kappa shape index (κ1) is 8.44. The number of thiophene rings is 1. The summed E-state index contributed by atoms with van der Waals surface area (Å²) in [6, 6.07) is 2.07. The topological polar surface area (TPSA) is 38.9 Å². The first-order chi connectivity index (χ1) is 6.38. The smallest absolute Gasteiger partial charge is 0.220 e. The van der Waals surface area contributed by atoms with Crippen LogP contribution in [-0.4, -0.2) is 10.2 Å². The molecule has 0 fully saturated rings. The number of aryl methyl sites for hydroxylation is 1. The Balaban J connectivity index is 2.10. The Labute approximate surface area is 80.4 Å². The quantitative estimate of drug-likeness (QED) is 0.752. The lowest BCUT2D eigenvalue weighted by Gasteiger charge is -1.88. The Morgan fingerprint density at radius 3 is 2.85 bits per heavy atom. The normalized spacial score (nSPS) is 10.5. The Morgan fingerprint density at radius 2 is 2.23 bits per heavy atom. The molecule has 2 heterocycles. The van der Waals surface area contributed by atoms with Gasteiger partial charge in [0.2, 0.25) is 11.8 Å². The largest absolute Gasteiger partial charge is 0.425 e. The summed E-state index contributed by atoms with van der Waals surface area (Å²) in [6.07, 6.45) is 1.55. The van der Waals surface area contributed by atoms with Gasteiger partial charge < -0.3 is 4.42 Å². The monoisotopic (exact) mass is 194 g/mol. The van der Waals surface area contributed by atoms with Gasteiger partial charge in [0.05, 0.1) is 6.42 Å². The molecule has 0 amide bonds. The van der Waals surface area contributed by atoms with E-state index in [0.29, 0.717) is 11.8 Å². The zero-order chi connectivity index (χ0) is 9.10.